The fraction of sp³-hybridized carbons (Fsp3) is 0.132. The fourth-order valence-corrected chi connectivity index (χ4v) is 10.8. The minimum Gasteiger partial charge on any atom is -0.333 e. The molecule has 55 heavy (non-hydrogen) atoms. The maximum Gasteiger partial charge on any atom is 0.0746 e. The van der Waals surface area contributed by atoms with Crippen molar-refractivity contribution in [3.8, 4) is 27.9 Å². The van der Waals surface area contributed by atoms with Crippen molar-refractivity contribution in [2.24, 2.45) is 0 Å². The fourth-order valence-electron chi connectivity index (χ4n) is 10.8. The van der Waals surface area contributed by atoms with Crippen molar-refractivity contribution in [3.05, 3.63) is 203 Å². The molecule has 2 nitrogen and oxygen atoms in total. The first-order valence-electron chi connectivity index (χ1n) is 19.7. The standard InChI is InChI=1S/C53H40N2/c1-52(2,3)33-25-30-48-43(31-33)42-29-28-41-38-19-9-13-23-46(38)53(44-21-11-7-17-36(44)37-18-8-12-22-45(37)53)50(41)51(42)55(48)35-26-27-40-39-20-10-14-24-47(39)54(49(40)32-35)34-15-5-4-6-16-34/h4-31,35H,32H2,1-3H3. The zero-order chi connectivity index (χ0) is 36.6. The molecule has 1 atom stereocenters. The summed E-state index contributed by atoms with van der Waals surface area (Å²) in [6.45, 7) is 6.99. The lowest BCUT2D eigenvalue weighted by Crippen LogP contribution is -2.27. The number of para-hydroxylation sites is 2. The van der Waals surface area contributed by atoms with E-state index in [0.717, 1.165) is 6.42 Å². The lowest BCUT2D eigenvalue weighted by Gasteiger charge is -2.32. The van der Waals surface area contributed by atoms with Crippen LogP contribution in [-0.4, -0.2) is 9.13 Å². The minimum absolute atomic E-state index is 0.0242. The van der Waals surface area contributed by atoms with E-state index >= 15 is 0 Å². The lowest BCUT2D eigenvalue weighted by atomic mass is 9.70. The summed E-state index contributed by atoms with van der Waals surface area (Å²) < 4.78 is 5.25. The van der Waals surface area contributed by atoms with Crippen molar-refractivity contribution in [3.63, 3.8) is 0 Å². The highest BCUT2D eigenvalue weighted by atomic mass is 15.1. The van der Waals surface area contributed by atoms with Crippen LogP contribution in [0.5, 0.6) is 0 Å². The smallest absolute Gasteiger partial charge is 0.0746 e. The first-order valence-corrected chi connectivity index (χ1v) is 19.7. The Morgan fingerprint density at radius 2 is 1.16 bits per heavy atom. The maximum atomic E-state index is 2.74. The van der Waals surface area contributed by atoms with Crippen LogP contribution in [0.1, 0.15) is 65.9 Å². The molecule has 0 aliphatic heterocycles. The van der Waals surface area contributed by atoms with Crippen molar-refractivity contribution in [1.82, 2.24) is 9.13 Å². The summed E-state index contributed by atoms with van der Waals surface area (Å²) in [5.41, 5.74) is 19.7. The summed E-state index contributed by atoms with van der Waals surface area (Å²) in [6.07, 6.45) is 5.79. The molecule has 0 saturated carbocycles. The number of allylic oxidation sites excluding steroid dienone is 1. The number of aromatic nitrogens is 2. The molecule has 3 aliphatic rings. The van der Waals surface area contributed by atoms with Crippen LogP contribution < -0.4 is 0 Å². The van der Waals surface area contributed by atoms with Gasteiger partial charge in [-0.2, -0.15) is 0 Å². The van der Waals surface area contributed by atoms with Crippen molar-refractivity contribution in [1.29, 1.82) is 0 Å². The summed E-state index contributed by atoms with van der Waals surface area (Å²) in [6, 6.07) is 59.7. The van der Waals surface area contributed by atoms with Crippen molar-refractivity contribution < 1.29 is 0 Å². The molecule has 12 rings (SSSR count). The molecule has 1 unspecified atom stereocenters. The van der Waals surface area contributed by atoms with Gasteiger partial charge in [0.2, 0.25) is 0 Å². The van der Waals surface area contributed by atoms with Crippen LogP contribution in [0, 0.1) is 0 Å². The number of benzene rings is 7. The summed E-state index contributed by atoms with van der Waals surface area (Å²) in [7, 11) is 0. The Hall–Kier alpha value is -6.38. The summed E-state index contributed by atoms with van der Waals surface area (Å²) in [5.74, 6) is 0. The molecule has 0 saturated heterocycles. The second-order valence-electron chi connectivity index (χ2n) is 16.8. The first kappa shape index (κ1) is 31.0. The third-order valence-electron chi connectivity index (χ3n) is 13.0. The molecule has 2 aromatic heterocycles. The van der Waals surface area contributed by atoms with Gasteiger partial charge in [0.1, 0.15) is 0 Å². The number of hydrogen-bond donors (Lipinski definition) is 0. The Labute approximate surface area is 321 Å². The SMILES string of the molecule is CC(C)(C)c1ccc2c(c1)c1ccc3c(c1n2C1C=Cc2c(n(-c4ccccc4)c4ccccc24)C1)C1(c2ccccc2-c2ccccc21)c1ccccc1-3. The predicted octanol–water partition coefficient (Wildman–Crippen LogP) is 13.2. The van der Waals surface area contributed by atoms with Gasteiger partial charge in [-0.3, -0.25) is 0 Å². The van der Waals surface area contributed by atoms with Crippen LogP contribution in [-0.2, 0) is 17.3 Å². The van der Waals surface area contributed by atoms with Crippen LogP contribution in [0.2, 0.25) is 0 Å². The molecule has 3 aliphatic carbocycles. The van der Waals surface area contributed by atoms with E-state index in [-0.39, 0.29) is 11.5 Å². The van der Waals surface area contributed by atoms with Crippen LogP contribution >= 0.6 is 0 Å². The zero-order valence-electron chi connectivity index (χ0n) is 31.3. The quantitative estimate of drug-likeness (QED) is 0.170. The van der Waals surface area contributed by atoms with Gasteiger partial charge in [0, 0.05) is 50.6 Å². The predicted molar refractivity (Wildman–Crippen MR) is 229 cm³/mol. The third-order valence-corrected chi connectivity index (χ3v) is 13.0. The molecule has 7 aromatic carbocycles. The van der Waals surface area contributed by atoms with E-state index in [2.05, 4.69) is 200 Å². The second-order valence-corrected chi connectivity index (χ2v) is 16.8. The molecular formula is C53H40N2. The molecular weight excluding hydrogens is 665 g/mol. The minimum atomic E-state index is -0.444. The second kappa shape index (κ2) is 10.9. The molecule has 1 spiro atoms. The van der Waals surface area contributed by atoms with Crippen LogP contribution in [0.15, 0.2) is 164 Å². The summed E-state index contributed by atoms with van der Waals surface area (Å²) >= 11 is 0. The van der Waals surface area contributed by atoms with Gasteiger partial charge >= 0.3 is 0 Å². The Morgan fingerprint density at radius 1 is 0.545 bits per heavy atom. The van der Waals surface area contributed by atoms with Gasteiger partial charge in [-0.1, -0.05) is 160 Å². The Balaban J connectivity index is 1.22. The van der Waals surface area contributed by atoms with Gasteiger partial charge in [-0.05, 0) is 80.3 Å². The Bertz CT molecular complexity index is 3040. The highest BCUT2D eigenvalue weighted by Gasteiger charge is 2.53. The van der Waals surface area contributed by atoms with E-state index in [1.165, 1.54) is 99.7 Å². The van der Waals surface area contributed by atoms with Crippen molar-refractivity contribution >= 4 is 38.8 Å². The van der Waals surface area contributed by atoms with E-state index in [1.54, 1.807) is 0 Å². The van der Waals surface area contributed by atoms with Gasteiger partial charge in [0.05, 0.1) is 22.5 Å². The molecule has 262 valence electrons. The van der Waals surface area contributed by atoms with Gasteiger partial charge in [0.15, 0.2) is 0 Å². The molecule has 2 heteroatoms. The molecule has 0 radical (unpaired) electrons. The summed E-state index contributed by atoms with van der Waals surface area (Å²) in [4.78, 5) is 0. The van der Waals surface area contributed by atoms with Gasteiger partial charge < -0.3 is 9.13 Å². The monoisotopic (exact) mass is 704 g/mol. The average molecular weight is 705 g/mol. The molecule has 2 heterocycles. The van der Waals surface area contributed by atoms with Gasteiger partial charge in [0.25, 0.3) is 0 Å². The van der Waals surface area contributed by atoms with E-state index in [4.69, 9.17) is 0 Å². The molecule has 0 N–H and O–H groups in total. The van der Waals surface area contributed by atoms with Crippen molar-refractivity contribution in [2.75, 3.05) is 0 Å². The number of hydrogen-bond acceptors (Lipinski definition) is 0. The number of fused-ring (bicyclic) bond motifs is 17. The third kappa shape index (κ3) is 3.94. The van der Waals surface area contributed by atoms with Crippen LogP contribution in [0.25, 0.3) is 66.7 Å². The van der Waals surface area contributed by atoms with Crippen molar-refractivity contribution in [2.45, 2.75) is 44.1 Å². The normalized spacial score (nSPS) is 16.1. The van der Waals surface area contributed by atoms with E-state index in [1.807, 2.05) is 0 Å². The highest BCUT2D eigenvalue weighted by Crippen LogP contribution is 2.64. The maximum absolute atomic E-state index is 2.74. The number of rotatable bonds is 2. The van der Waals surface area contributed by atoms with E-state index in [0.29, 0.717) is 0 Å². The Morgan fingerprint density at radius 3 is 1.85 bits per heavy atom. The molecule has 0 fully saturated rings. The molecule has 0 bridgehead atoms. The largest absolute Gasteiger partial charge is 0.333 e. The molecule has 0 amide bonds. The number of nitrogens with zero attached hydrogens (tertiary/aromatic N) is 2. The van der Waals surface area contributed by atoms with Gasteiger partial charge in [-0.25, -0.2) is 0 Å². The highest BCUT2D eigenvalue weighted by molar-refractivity contribution is 6.14. The van der Waals surface area contributed by atoms with E-state index < -0.39 is 5.41 Å². The molecule has 9 aromatic rings. The Kier molecular flexibility index (Phi) is 6.12. The van der Waals surface area contributed by atoms with E-state index in [9.17, 15) is 0 Å². The van der Waals surface area contributed by atoms with Gasteiger partial charge in [-0.15, -0.1) is 0 Å². The average Bonchev–Trinajstić information content (AvgIpc) is 3.92. The van der Waals surface area contributed by atoms with Crippen LogP contribution in [0.3, 0.4) is 0 Å². The van der Waals surface area contributed by atoms with Crippen LogP contribution in [0.4, 0.5) is 0 Å². The topological polar surface area (TPSA) is 9.86 Å². The first-order chi connectivity index (χ1) is 26.9. The summed E-state index contributed by atoms with van der Waals surface area (Å²) in [5, 5.41) is 3.97. The zero-order valence-corrected chi connectivity index (χ0v) is 31.3. The lowest BCUT2D eigenvalue weighted by molar-refractivity contribution is 0.590.